The Morgan fingerprint density at radius 2 is 0.962 bits per heavy atom. The zero-order valence-electron chi connectivity index (χ0n) is 14.4. The molecule has 0 aliphatic rings. The molecule has 0 radical (unpaired) electrons. The lowest BCUT2D eigenvalue weighted by atomic mass is 10.4. The SMILES string of the molecule is [I-].c1ccc([P+](Cc2ccc[nH]2)(c2ccccc2)c2ccccc2)cc1. The van der Waals surface area contributed by atoms with E-state index in [1.54, 1.807) is 0 Å². The third-order valence-corrected chi connectivity index (χ3v) is 9.01. The van der Waals surface area contributed by atoms with Crippen LogP contribution in [0.25, 0.3) is 0 Å². The lowest BCUT2D eigenvalue weighted by molar-refractivity contribution is -0.00000493. The number of H-pyrrole nitrogens is 1. The number of aromatic nitrogens is 1. The summed E-state index contributed by atoms with van der Waals surface area (Å²) in [4.78, 5) is 3.43. The average molecular weight is 469 g/mol. The molecule has 0 spiro atoms. The van der Waals surface area contributed by atoms with Crippen molar-refractivity contribution in [2.75, 3.05) is 0 Å². The van der Waals surface area contributed by atoms with E-state index in [1.165, 1.54) is 21.6 Å². The molecule has 0 fully saturated rings. The summed E-state index contributed by atoms with van der Waals surface area (Å²) in [5, 5.41) is 4.26. The fourth-order valence-corrected chi connectivity index (χ4v) is 7.68. The van der Waals surface area contributed by atoms with E-state index in [2.05, 4.69) is 108 Å². The first-order valence-electron chi connectivity index (χ1n) is 8.57. The molecule has 1 heterocycles. The minimum atomic E-state index is -1.77. The van der Waals surface area contributed by atoms with Crippen molar-refractivity contribution in [2.45, 2.75) is 6.16 Å². The maximum absolute atomic E-state index is 3.43. The van der Waals surface area contributed by atoms with Crippen molar-refractivity contribution in [2.24, 2.45) is 0 Å². The van der Waals surface area contributed by atoms with E-state index < -0.39 is 7.26 Å². The second-order valence-electron chi connectivity index (χ2n) is 6.17. The van der Waals surface area contributed by atoms with E-state index in [0.29, 0.717) is 0 Å². The first kappa shape index (κ1) is 18.9. The minimum Gasteiger partial charge on any atom is -1.00 e. The van der Waals surface area contributed by atoms with Crippen LogP contribution in [0.5, 0.6) is 0 Å². The van der Waals surface area contributed by atoms with Gasteiger partial charge in [0, 0.05) is 6.20 Å². The number of nitrogens with one attached hydrogen (secondary N) is 1. The second kappa shape index (κ2) is 8.66. The van der Waals surface area contributed by atoms with Gasteiger partial charge < -0.3 is 29.0 Å². The zero-order valence-corrected chi connectivity index (χ0v) is 17.5. The summed E-state index contributed by atoms with van der Waals surface area (Å²) < 4.78 is 0. The molecule has 3 aromatic carbocycles. The zero-order chi connectivity index (χ0) is 17.0. The van der Waals surface area contributed by atoms with Crippen LogP contribution in [0, 0.1) is 0 Å². The smallest absolute Gasteiger partial charge is 0.118 e. The lowest BCUT2D eigenvalue weighted by Gasteiger charge is -2.27. The number of hydrogen-bond donors (Lipinski definition) is 1. The number of benzene rings is 3. The van der Waals surface area contributed by atoms with Crippen LogP contribution in [0.1, 0.15) is 5.69 Å². The van der Waals surface area contributed by atoms with E-state index in [0.717, 1.165) is 6.16 Å². The van der Waals surface area contributed by atoms with Crippen molar-refractivity contribution >= 4 is 23.2 Å². The summed E-state index contributed by atoms with van der Waals surface area (Å²) in [6.45, 7) is 0. The molecule has 3 heteroatoms. The first-order chi connectivity index (χ1) is 12.4. The Labute approximate surface area is 172 Å². The van der Waals surface area contributed by atoms with Crippen LogP contribution < -0.4 is 39.9 Å². The van der Waals surface area contributed by atoms with Crippen LogP contribution in [-0.2, 0) is 6.16 Å². The standard InChI is InChI=1S/C23H21NP.HI/c1-4-12-21(13-5-1)25(19-20-11-10-18-24-20,22-14-6-2-7-15-22)23-16-8-3-9-17-23;/h1-18,24H,19H2;1H/q+1;/p-1. The highest BCUT2D eigenvalue weighted by Gasteiger charge is 2.45. The molecule has 0 bridgehead atoms. The van der Waals surface area contributed by atoms with Crippen LogP contribution in [0.2, 0.25) is 0 Å². The molecule has 0 atom stereocenters. The van der Waals surface area contributed by atoms with Gasteiger partial charge in [0.2, 0.25) is 0 Å². The molecular formula is C23H21INP. The third kappa shape index (κ3) is 3.62. The number of halogens is 1. The number of hydrogen-bond acceptors (Lipinski definition) is 0. The molecule has 4 rings (SSSR count). The molecule has 130 valence electrons. The average Bonchev–Trinajstić information content (AvgIpc) is 3.21. The highest BCUT2D eigenvalue weighted by molar-refractivity contribution is 7.95. The van der Waals surface area contributed by atoms with Crippen molar-refractivity contribution in [1.82, 2.24) is 4.98 Å². The van der Waals surface area contributed by atoms with Crippen molar-refractivity contribution in [3.63, 3.8) is 0 Å². The van der Waals surface area contributed by atoms with Gasteiger partial charge in [-0.15, -0.1) is 0 Å². The molecule has 26 heavy (non-hydrogen) atoms. The Bertz CT molecular complexity index is 810. The van der Waals surface area contributed by atoms with Crippen LogP contribution in [0.4, 0.5) is 0 Å². The van der Waals surface area contributed by atoms with E-state index in [9.17, 15) is 0 Å². The molecular weight excluding hydrogens is 448 g/mol. The molecule has 1 N–H and O–H groups in total. The predicted molar refractivity (Wildman–Crippen MR) is 110 cm³/mol. The largest absolute Gasteiger partial charge is 1.00 e. The number of aromatic amines is 1. The molecule has 4 aromatic rings. The Hall–Kier alpha value is -1.90. The maximum atomic E-state index is 3.43. The molecule has 0 unspecified atom stereocenters. The normalized spacial score (nSPS) is 10.9. The summed E-state index contributed by atoms with van der Waals surface area (Å²) in [5.41, 5.74) is 1.28. The summed E-state index contributed by atoms with van der Waals surface area (Å²) in [5.74, 6) is 0. The van der Waals surface area contributed by atoms with E-state index in [1.807, 2.05) is 6.20 Å². The van der Waals surface area contributed by atoms with Crippen molar-refractivity contribution in [3.05, 3.63) is 115 Å². The van der Waals surface area contributed by atoms with Crippen LogP contribution in [0.15, 0.2) is 109 Å². The van der Waals surface area contributed by atoms with Crippen LogP contribution in [-0.4, -0.2) is 4.98 Å². The Balaban J connectivity index is 0.00000196. The van der Waals surface area contributed by atoms with Crippen LogP contribution >= 0.6 is 7.26 Å². The topological polar surface area (TPSA) is 15.8 Å². The second-order valence-corrected chi connectivity index (χ2v) is 9.65. The van der Waals surface area contributed by atoms with E-state index >= 15 is 0 Å². The predicted octanol–water partition coefficient (Wildman–Crippen LogP) is 1.51. The minimum absolute atomic E-state index is 0. The molecule has 0 saturated heterocycles. The van der Waals surface area contributed by atoms with E-state index in [4.69, 9.17) is 0 Å². The highest BCUT2D eigenvalue weighted by atomic mass is 127. The third-order valence-electron chi connectivity index (χ3n) is 4.66. The van der Waals surface area contributed by atoms with Gasteiger partial charge in [-0.3, -0.25) is 0 Å². The molecule has 0 aliphatic carbocycles. The van der Waals surface area contributed by atoms with Gasteiger partial charge >= 0.3 is 0 Å². The van der Waals surface area contributed by atoms with Crippen molar-refractivity contribution < 1.29 is 24.0 Å². The maximum Gasteiger partial charge on any atom is 0.118 e. The highest BCUT2D eigenvalue weighted by Crippen LogP contribution is 2.57. The summed E-state index contributed by atoms with van der Waals surface area (Å²) >= 11 is 0. The summed E-state index contributed by atoms with van der Waals surface area (Å²) in [7, 11) is -1.77. The Kier molecular flexibility index (Phi) is 6.29. The van der Waals surface area contributed by atoms with Gasteiger partial charge in [-0.25, -0.2) is 0 Å². The summed E-state index contributed by atoms with van der Waals surface area (Å²) in [6, 6.07) is 37.3. The van der Waals surface area contributed by atoms with E-state index in [-0.39, 0.29) is 24.0 Å². The van der Waals surface area contributed by atoms with Gasteiger partial charge in [-0.2, -0.15) is 0 Å². The van der Waals surface area contributed by atoms with Gasteiger partial charge in [0.15, 0.2) is 0 Å². The van der Waals surface area contributed by atoms with Crippen molar-refractivity contribution in [1.29, 1.82) is 0 Å². The molecule has 1 nitrogen and oxygen atoms in total. The van der Waals surface area contributed by atoms with Gasteiger partial charge in [0.1, 0.15) is 29.3 Å². The van der Waals surface area contributed by atoms with Gasteiger partial charge in [0.25, 0.3) is 0 Å². The summed E-state index contributed by atoms with van der Waals surface area (Å²) in [6.07, 6.45) is 3.02. The van der Waals surface area contributed by atoms with Crippen molar-refractivity contribution in [3.8, 4) is 0 Å². The fourth-order valence-electron chi connectivity index (χ4n) is 3.49. The molecule has 0 amide bonds. The van der Waals surface area contributed by atoms with Gasteiger partial charge in [-0.1, -0.05) is 54.6 Å². The van der Waals surface area contributed by atoms with Gasteiger partial charge in [0.05, 0.1) is 5.69 Å². The number of rotatable bonds is 5. The monoisotopic (exact) mass is 469 g/mol. The Morgan fingerprint density at radius 1 is 0.538 bits per heavy atom. The fraction of sp³-hybridized carbons (Fsp3) is 0.0435. The molecule has 0 aliphatic heterocycles. The lowest BCUT2D eigenvalue weighted by Crippen LogP contribution is -3.00. The Morgan fingerprint density at radius 3 is 1.31 bits per heavy atom. The van der Waals surface area contributed by atoms with Gasteiger partial charge in [-0.05, 0) is 48.5 Å². The molecule has 0 saturated carbocycles. The van der Waals surface area contributed by atoms with Crippen LogP contribution in [0.3, 0.4) is 0 Å². The first-order valence-corrected chi connectivity index (χ1v) is 10.5. The quantitative estimate of drug-likeness (QED) is 0.337. The molecule has 1 aromatic heterocycles.